The molecular weight excluding hydrogens is 260 g/mol. The summed E-state index contributed by atoms with van der Waals surface area (Å²) < 4.78 is 6.30. The van der Waals surface area contributed by atoms with Crippen LogP contribution in [0.5, 0.6) is 0 Å². The molecule has 5 unspecified atom stereocenters. The molecule has 120 valence electrons. The van der Waals surface area contributed by atoms with E-state index in [2.05, 4.69) is 48.5 Å². The molecule has 4 saturated carbocycles. The summed E-state index contributed by atoms with van der Waals surface area (Å²) in [6, 6.07) is 0. The van der Waals surface area contributed by atoms with Gasteiger partial charge in [0.25, 0.3) is 0 Å². The molecule has 0 aromatic heterocycles. The zero-order valence-corrected chi connectivity index (χ0v) is 14.8. The largest absolute Gasteiger partial charge is 0.458 e. The van der Waals surface area contributed by atoms with Crippen molar-refractivity contribution in [3.8, 4) is 0 Å². The Kier molecular flexibility index (Phi) is 3.12. The molecule has 0 aromatic carbocycles. The summed E-state index contributed by atoms with van der Waals surface area (Å²) >= 11 is 0. The maximum Gasteiger partial charge on any atom is 0.313 e. The van der Waals surface area contributed by atoms with Gasteiger partial charge in [0.15, 0.2) is 0 Å². The lowest BCUT2D eigenvalue weighted by Crippen LogP contribution is -2.50. The Labute approximate surface area is 130 Å². The first kappa shape index (κ1) is 15.4. The second-order valence-corrected chi connectivity index (χ2v) is 9.62. The van der Waals surface area contributed by atoms with Crippen LogP contribution >= 0.6 is 0 Å². The molecule has 0 aromatic rings. The van der Waals surface area contributed by atoms with Gasteiger partial charge in [-0.25, -0.2) is 0 Å². The second kappa shape index (κ2) is 4.26. The number of ether oxygens (including phenoxy) is 1. The molecule has 4 aliphatic carbocycles. The van der Waals surface area contributed by atoms with Crippen molar-refractivity contribution in [1.29, 1.82) is 0 Å². The van der Waals surface area contributed by atoms with E-state index in [4.69, 9.17) is 4.74 Å². The Morgan fingerprint density at radius 2 is 1.52 bits per heavy atom. The minimum atomic E-state index is -0.428. The molecule has 0 aliphatic heterocycles. The molecule has 0 amide bonds. The van der Waals surface area contributed by atoms with E-state index in [0.29, 0.717) is 11.8 Å². The van der Waals surface area contributed by atoms with Crippen molar-refractivity contribution in [2.75, 3.05) is 0 Å². The number of esters is 1. The van der Waals surface area contributed by atoms with Gasteiger partial charge in [-0.3, -0.25) is 4.79 Å². The number of carbonyl (C=O) groups is 1. The molecular formula is C19H32O2. The van der Waals surface area contributed by atoms with Gasteiger partial charge in [-0.05, 0) is 56.3 Å². The molecule has 21 heavy (non-hydrogen) atoms. The van der Waals surface area contributed by atoms with Gasteiger partial charge in [-0.2, -0.15) is 0 Å². The van der Waals surface area contributed by atoms with Gasteiger partial charge in [0.05, 0.1) is 5.41 Å². The summed E-state index contributed by atoms with van der Waals surface area (Å²) in [7, 11) is 0. The molecule has 0 spiro atoms. The molecule has 2 heteroatoms. The maximum absolute atomic E-state index is 13.1. The summed E-state index contributed by atoms with van der Waals surface area (Å²) in [6.45, 7) is 15.1. The van der Waals surface area contributed by atoms with Gasteiger partial charge in [0, 0.05) is 11.8 Å². The van der Waals surface area contributed by atoms with Crippen LogP contribution in [-0.4, -0.2) is 11.6 Å². The Morgan fingerprint density at radius 3 is 1.86 bits per heavy atom. The summed E-state index contributed by atoms with van der Waals surface area (Å²) in [4.78, 5) is 13.1. The summed E-state index contributed by atoms with van der Waals surface area (Å²) in [5.41, 5.74) is -0.691. The van der Waals surface area contributed by atoms with Crippen molar-refractivity contribution >= 4 is 5.97 Å². The van der Waals surface area contributed by atoms with E-state index in [1.54, 1.807) is 0 Å². The monoisotopic (exact) mass is 292 g/mol. The number of hydrogen-bond donors (Lipinski definition) is 0. The molecule has 0 radical (unpaired) electrons. The van der Waals surface area contributed by atoms with Gasteiger partial charge in [-0.15, -0.1) is 0 Å². The predicted molar refractivity (Wildman–Crippen MR) is 84.7 cm³/mol. The Hall–Kier alpha value is -0.530. The standard InChI is InChI=1S/C19H32O2/c1-11(2)18(6,17(3,4)5)16(20)21-19(7)14-9-12-8-13(14)10-15(12)19/h11-15H,8-10H2,1-7H3. The second-order valence-electron chi connectivity index (χ2n) is 9.62. The van der Waals surface area contributed by atoms with Crippen molar-refractivity contribution in [3.63, 3.8) is 0 Å². The van der Waals surface area contributed by atoms with Crippen LogP contribution in [0.25, 0.3) is 0 Å². The van der Waals surface area contributed by atoms with Crippen molar-refractivity contribution < 1.29 is 9.53 Å². The van der Waals surface area contributed by atoms with Crippen molar-refractivity contribution in [1.82, 2.24) is 0 Å². The van der Waals surface area contributed by atoms with Crippen LogP contribution in [0.4, 0.5) is 0 Å². The van der Waals surface area contributed by atoms with Crippen molar-refractivity contribution in [3.05, 3.63) is 0 Å². The van der Waals surface area contributed by atoms with E-state index in [1.165, 1.54) is 19.3 Å². The molecule has 0 N–H and O–H groups in total. The molecule has 4 aliphatic rings. The summed E-state index contributed by atoms with van der Waals surface area (Å²) in [6.07, 6.45) is 3.99. The smallest absolute Gasteiger partial charge is 0.313 e. The van der Waals surface area contributed by atoms with Gasteiger partial charge >= 0.3 is 5.97 Å². The highest BCUT2D eigenvalue weighted by molar-refractivity contribution is 5.78. The number of carbonyl (C=O) groups excluding carboxylic acids is 1. The summed E-state index contributed by atoms with van der Waals surface area (Å²) in [5.74, 6) is 3.24. The SMILES string of the molecule is CC(C)C(C)(C(=O)OC1(C)C2CC3CC2CC31)C(C)(C)C. The highest BCUT2D eigenvalue weighted by atomic mass is 16.6. The normalized spacial score (nSPS) is 43.6. The van der Waals surface area contributed by atoms with Gasteiger partial charge in [0.2, 0.25) is 0 Å². The maximum atomic E-state index is 13.1. The Balaban J connectivity index is 1.84. The van der Waals surface area contributed by atoms with Crippen molar-refractivity contribution in [2.24, 2.45) is 40.4 Å². The number of rotatable bonds is 3. The molecule has 0 saturated heterocycles. The van der Waals surface area contributed by atoms with E-state index in [1.807, 2.05) is 0 Å². The zero-order valence-electron chi connectivity index (χ0n) is 14.8. The van der Waals surface area contributed by atoms with E-state index in [0.717, 1.165) is 11.8 Å². The van der Waals surface area contributed by atoms with Crippen LogP contribution in [0.2, 0.25) is 0 Å². The van der Waals surface area contributed by atoms with Gasteiger partial charge < -0.3 is 4.74 Å². The first-order chi connectivity index (χ1) is 9.51. The first-order valence-electron chi connectivity index (χ1n) is 8.75. The third kappa shape index (κ3) is 1.80. The van der Waals surface area contributed by atoms with E-state index in [-0.39, 0.29) is 22.9 Å². The highest BCUT2D eigenvalue weighted by Crippen LogP contribution is 2.69. The molecule has 2 nitrogen and oxygen atoms in total. The minimum absolute atomic E-state index is 0.0331. The quantitative estimate of drug-likeness (QED) is 0.706. The minimum Gasteiger partial charge on any atom is -0.458 e. The van der Waals surface area contributed by atoms with Crippen LogP contribution < -0.4 is 0 Å². The first-order valence-corrected chi connectivity index (χ1v) is 8.75. The van der Waals surface area contributed by atoms with E-state index in [9.17, 15) is 4.79 Å². The topological polar surface area (TPSA) is 26.3 Å². The van der Waals surface area contributed by atoms with Crippen LogP contribution in [0.3, 0.4) is 0 Å². The van der Waals surface area contributed by atoms with Gasteiger partial charge in [0.1, 0.15) is 5.60 Å². The lowest BCUT2D eigenvalue weighted by molar-refractivity contribution is -0.188. The average molecular weight is 292 g/mol. The Bertz CT molecular complexity index is 443. The summed E-state index contributed by atoms with van der Waals surface area (Å²) in [5, 5.41) is 0. The van der Waals surface area contributed by atoms with Crippen LogP contribution in [-0.2, 0) is 9.53 Å². The average Bonchev–Trinajstić information content (AvgIpc) is 3.04. The molecule has 4 bridgehead atoms. The fraction of sp³-hybridized carbons (Fsp3) is 0.947. The van der Waals surface area contributed by atoms with Crippen LogP contribution in [0, 0.1) is 40.4 Å². The van der Waals surface area contributed by atoms with Crippen molar-refractivity contribution in [2.45, 2.75) is 73.3 Å². The highest BCUT2D eigenvalue weighted by Gasteiger charge is 2.68. The fourth-order valence-electron chi connectivity index (χ4n) is 5.82. The lowest BCUT2D eigenvalue weighted by Gasteiger charge is -2.46. The molecule has 4 rings (SSSR count). The molecule has 5 atom stereocenters. The predicted octanol–water partition coefficient (Wildman–Crippen LogP) is 4.67. The molecule has 4 fully saturated rings. The Morgan fingerprint density at radius 1 is 1.05 bits per heavy atom. The van der Waals surface area contributed by atoms with Gasteiger partial charge in [-0.1, -0.05) is 34.6 Å². The third-order valence-electron chi connectivity index (χ3n) is 7.78. The van der Waals surface area contributed by atoms with E-state index >= 15 is 0 Å². The zero-order chi connectivity index (χ0) is 15.8. The van der Waals surface area contributed by atoms with E-state index < -0.39 is 5.41 Å². The molecule has 0 heterocycles. The third-order valence-corrected chi connectivity index (χ3v) is 7.78. The number of hydrogen-bond acceptors (Lipinski definition) is 2. The van der Waals surface area contributed by atoms with Crippen LogP contribution in [0.15, 0.2) is 0 Å². The lowest BCUT2D eigenvalue weighted by atomic mass is 9.61. The fourth-order valence-corrected chi connectivity index (χ4v) is 5.82. The van der Waals surface area contributed by atoms with Crippen LogP contribution in [0.1, 0.15) is 67.7 Å².